The molecule has 0 saturated carbocycles. The van der Waals surface area contributed by atoms with Gasteiger partial charge in [-0.25, -0.2) is 8.42 Å². The van der Waals surface area contributed by atoms with E-state index in [1.807, 2.05) is 35.2 Å². The number of nitrogens with zero attached hydrogens (tertiary/aromatic N) is 2. The number of benzene rings is 2. The van der Waals surface area contributed by atoms with Gasteiger partial charge in [0.05, 0.1) is 10.3 Å². The second-order valence-corrected chi connectivity index (χ2v) is 11.3. The maximum absolute atomic E-state index is 13.3. The van der Waals surface area contributed by atoms with Gasteiger partial charge < -0.3 is 15.5 Å². The molecule has 2 aromatic rings. The molecule has 4 rings (SSSR count). The van der Waals surface area contributed by atoms with Gasteiger partial charge in [0.15, 0.2) is 9.84 Å². The maximum Gasteiger partial charge on any atom is 0.229 e. The van der Waals surface area contributed by atoms with Crippen LogP contribution in [0.5, 0.6) is 0 Å². The number of amides is 1. The molecule has 0 unspecified atom stereocenters. The topological polar surface area (TPSA) is 83.7 Å². The van der Waals surface area contributed by atoms with E-state index in [2.05, 4.69) is 17.0 Å². The molecule has 1 spiro atoms. The summed E-state index contributed by atoms with van der Waals surface area (Å²) < 4.78 is 23.3. The number of rotatable bonds is 7. The lowest BCUT2D eigenvalue weighted by atomic mass is 9.77. The van der Waals surface area contributed by atoms with E-state index in [4.69, 9.17) is 5.73 Å². The van der Waals surface area contributed by atoms with Crippen molar-refractivity contribution in [1.29, 1.82) is 0 Å². The van der Waals surface area contributed by atoms with Gasteiger partial charge in [-0.15, -0.1) is 12.4 Å². The van der Waals surface area contributed by atoms with Gasteiger partial charge in [0.1, 0.15) is 0 Å². The number of likely N-dealkylation sites (tertiary alicyclic amines) is 2. The average Bonchev–Trinajstić information content (AvgIpc) is 3.08. The van der Waals surface area contributed by atoms with Crippen LogP contribution in [0.3, 0.4) is 0 Å². The molecule has 2 aromatic carbocycles. The minimum absolute atomic E-state index is 0. The molecule has 8 heteroatoms. The summed E-state index contributed by atoms with van der Waals surface area (Å²) in [4.78, 5) is 18.0. The zero-order valence-electron chi connectivity index (χ0n) is 19.2. The zero-order valence-corrected chi connectivity index (χ0v) is 20.8. The molecule has 2 aliphatic heterocycles. The Labute approximate surface area is 203 Å². The molecule has 2 aliphatic rings. The van der Waals surface area contributed by atoms with E-state index in [0.29, 0.717) is 11.4 Å². The fraction of sp³-hybridized carbons (Fsp3) is 0.480. The number of carbonyl (C=O) groups excluding carboxylic acids is 1. The number of hydrogen-bond donors (Lipinski definition) is 1. The quantitative estimate of drug-likeness (QED) is 0.641. The Morgan fingerprint density at radius 2 is 1.58 bits per heavy atom. The van der Waals surface area contributed by atoms with Crippen LogP contribution in [-0.2, 0) is 21.2 Å². The summed E-state index contributed by atoms with van der Waals surface area (Å²) in [5.41, 5.74) is 8.26. The molecule has 2 fully saturated rings. The van der Waals surface area contributed by atoms with Gasteiger partial charge in [0.25, 0.3) is 0 Å². The molecule has 0 aromatic heterocycles. The molecular formula is C25H34ClN3O3S. The minimum Gasteiger partial charge on any atom is -0.338 e. The molecular weight excluding hydrogens is 458 g/mol. The lowest BCUT2D eigenvalue weighted by molar-refractivity contribution is -0.138. The fourth-order valence-electron chi connectivity index (χ4n) is 4.96. The molecule has 0 radical (unpaired) electrons. The Morgan fingerprint density at radius 3 is 2.18 bits per heavy atom. The SMILES string of the molecule is CS(=O)(=O)c1ccc(CN2CCC3(CCN(CC[C@H](N)c4ccccc4)CC3)C2=O)cc1.Cl. The number of hydrogen-bond acceptors (Lipinski definition) is 5. The van der Waals surface area contributed by atoms with Crippen LogP contribution in [0.4, 0.5) is 0 Å². The Balaban J connectivity index is 0.00000306. The first-order valence-electron chi connectivity index (χ1n) is 11.4. The van der Waals surface area contributed by atoms with E-state index in [1.165, 1.54) is 11.8 Å². The van der Waals surface area contributed by atoms with E-state index in [-0.39, 0.29) is 29.8 Å². The van der Waals surface area contributed by atoms with Crippen molar-refractivity contribution in [2.24, 2.45) is 11.1 Å². The first-order chi connectivity index (χ1) is 15.3. The number of halogens is 1. The van der Waals surface area contributed by atoms with Gasteiger partial charge in [-0.05, 0) is 68.6 Å². The highest BCUT2D eigenvalue weighted by atomic mass is 35.5. The summed E-state index contributed by atoms with van der Waals surface area (Å²) in [5, 5.41) is 0. The second kappa shape index (κ2) is 10.6. The molecule has 1 atom stereocenters. The molecule has 33 heavy (non-hydrogen) atoms. The molecule has 6 nitrogen and oxygen atoms in total. The highest BCUT2D eigenvalue weighted by Gasteiger charge is 2.47. The highest BCUT2D eigenvalue weighted by Crippen LogP contribution is 2.42. The minimum atomic E-state index is -3.20. The summed E-state index contributed by atoms with van der Waals surface area (Å²) in [6.45, 7) is 4.14. The summed E-state index contributed by atoms with van der Waals surface area (Å²) >= 11 is 0. The standard InChI is InChI=1S/C25H33N3O3S.ClH/c1-32(30,31)22-9-7-20(8-10-22)19-28-18-14-25(24(28)29)12-16-27(17-13-25)15-11-23(26)21-5-3-2-4-6-21;/h2-10,23H,11-19,26H2,1H3;1H/t23-;/m0./s1. The number of sulfone groups is 1. The normalized spacial score (nSPS) is 19.5. The Hall–Kier alpha value is -1.93. The Bertz CT molecular complexity index is 1040. The van der Waals surface area contributed by atoms with E-state index < -0.39 is 9.84 Å². The third kappa shape index (κ3) is 5.96. The molecule has 2 N–H and O–H groups in total. The van der Waals surface area contributed by atoms with Crippen LogP contribution in [0.15, 0.2) is 59.5 Å². The van der Waals surface area contributed by atoms with E-state index in [0.717, 1.165) is 57.4 Å². The predicted octanol–water partition coefficient (Wildman–Crippen LogP) is 3.42. The van der Waals surface area contributed by atoms with E-state index in [1.54, 1.807) is 12.1 Å². The van der Waals surface area contributed by atoms with Crippen molar-refractivity contribution in [3.63, 3.8) is 0 Å². The van der Waals surface area contributed by atoms with E-state index >= 15 is 0 Å². The van der Waals surface area contributed by atoms with Crippen LogP contribution in [0.1, 0.15) is 42.9 Å². The van der Waals surface area contributed by atoms with Gasteiger partial charge in [-0.1, -0.05) is 42.5 Å². The zero-order chi connectivity index (χ0) is 22.8. The Kier molecular flexibility index (Phi) is 8.22. The summed E-state index contributed by atoms with van der Waals surface area (Å²) in [7, 11) is -3.20. The molecule has 180 valence electrons. The first-order valence-corrected chi connectivity index (χ1v) is 13.3. The van der Waals surface area contributed by atoms with Crippen LogP contribution in [0.2, 0.25) is 0 Å². The van der Waals surface area contributed by atoms with Gasteiger partial charge >= 0.3 is 0 Å². The highest BCUT2D eigenvalue weighted by molar-refractivity contribution is 7.90. The fourth-order valence-corrected chi connectivity index (χ4v) is 5.59. The van der Waals surface area contributed by atoms with Gasteiger partial charge in [0, 0.05) is 25.4 Å². The van der Waals surface area contributed by atoms with Crippen molar-refractivity contribution in [3.05, 3.63) is 65.7 Å². The Morgan fingerprint density at radius 1 is 0.970 bits per heavy atom. The smallest absolute Gasteiger partial charge is 0.229 e. The van der Waals surface area contributed by atoms with Crippen molar-refractivity contribution in [2.45, 2.75) is 43.2 Å². The monoisotopic (exact) mass is 491 g/mol. The lowest BCUT2D eigenvalue weighted by Gasteiger charge is -2.38. The van der Waals surface area contributed by atoms with Crippen LogP contribution in [-0.4, -0.2) is 56.6 Å². The first kappa shape index (κ1) is 25.7. The number of piperidine rings is 1. The van der Waals surface area contributed by atoms with Crippen molar-refractivity contribution < 1.29 is 13.2 Å². The molecule has 1 amide bonds. The largest absolute Gasteiger partial charge is 0.338 e. The molecule has 0 aliphatic carbocycles. The second-order valence-electron chi connectivity index (χ2n) is 9.32. The average molecular weight is 492 g/mol. The van der Waals surface area contributed by atoms with Gasteiger partial charge in [-0.3, -0.25) is 4.79 Å². The predicted molar refractivity (Wildman–Crippen MR) is 133 cm³/mol. The third-order valence-electron chi connectivity index (χ3n) is 7.12. The summed E-state index contributed by atoms with van der Waals surface area (Å²) in [5.74, 6) is 0.255. The third-order valence-corrected chi connectivity index (χ3v) is 8.25. The molecule has 0 bridgehead atoms. The van der Waals surface area contributed by atoms with Crippen LogP contribution >= 0.6 is 12.4 Å². The van der Waals surface area contributed by atoms with Gasteiger partial charge in [-0.2, -0.15) is 0 Å². The van der Waals surface area contributed by atoms with Crippen molar-refractivity contribution in [1.82, 2.24) is 9.80 Å². The van der Waals surface area contributed by atoms with Crippen LogP contribution in [0, 0.1) is 5.41 Å². The summed E-state index contributed by atoms with van der Waals surface area (Å²) in [6, 6.07) is 17.1. The van der Waals surface area contributed by atoms with Crippen molar-refractivity contribution in [2.75, 3.05) is 32.4 Å². The van der Waals surface area contributed by atoms with Gasteiger partial charge in [0.2, 0.25) is 5.91 Å². The lowest BCUT2D eigenvalue weighted by Crippen LogP contribution is -2.45. The van der Waals surface area contributed by atoms with Crippen LogP contribution in [0.25, 0.3) is 0 Å². The van der Waals surface area contributed by atoms with E-state index in [9.17, 15) is 13.2 Å². The number of nitrogens with two attached hydrogens (primary N) is 1. The number of carbonyl (C=O) groups is 1. The molecule has 2 saturated heterocycles. The maximum atomic E-state index is 13.3. The van der Waals surface area contributed by atoms with Crippen molar-refractivity contribution >= 4 is 28.2 Å². The van der Waals surface area contributed by atoms with Crippen molar-refractivity contribution in [3.8, 4) is 0 Å². The summed E-state index contributed by atoms with van der Waals surface area (Å²) in [6.07, 6.45) is 4.83. The molecule has 2 heterocycles. The van der Waals surface area contributed by atoms with Crippen LogP contribution < -0.4 is 5.73 Å².